The van der Waals surface area contributed by atoms with Crippen LogP contribution in [0.2, 0.25) is 0 Å². The van der Waals surface area contributed by atoms with E-state index in [1.165, 1.54) is 17.3 Å². The molecule has 1 aliphatic rings. The minimum absolute atomic E-state index is 0.216. The number of rotatable bonds is 4. The van der Waals surface area contributed by atoms with Crippen molar-refractivity contribution < 1.29 is 14.3 Å². The third-order valence-corrected chi connectivity index (χ3v) is 3.72. The van der Waals surface area contributed by atoms with Gasteiger partial charge in [-0.1, -0.05) is 12.1 Å². The molecule has 0 aliphatic carbocycles. The Hall–Kier alpha value is -3.42. The summed E-state index contributed by atoms with van der Waals surface area (Å²) < 4.78 is 13.0. The van der Waals surface area contributed by atoms with Gasteiger partial charge in [0.2, 0.25) is 0 Å². The first-order valence-electron chi connectivity index (χ1n) is 7.77. The average Bonchev–Trinajstić information content (AvgIpc) is 3.21. The van der Waals surface area contributed by atoms with Gasteiger partial charge < -0.3 is 14.8 Å². The Morgan fingerprint density at radius 1 is 1.28 bits per heavy atom. The Morgan fingerprint density at radius 3 is 3.00 bits per heavy atom. The van der Waals surface area contributed by atoms with E-state index in [0.717, 1.165) is 5.75 Å². The number of carbonyl (C=O) groups excluding carboxylic acids is 1. The lowest BCUT2D eigenvalue weighted by Gasteiger charge is -2.26. The zero-order chi connectivity index (χ0) is 17.1. The van der Waals surface area contributed by atoms with Gasteiger partial charge >= 0.3 is 0 Å². The second-order valence-corrected chi connectivity index (χ2v) is 5.45. The van der Waals surface area contributed by atoms with Crippen molar-refractivity contribution in [2.45, 2.75) is 6.10 Å². The van der Waals surface area contributed by atoms with E-state index < -0.39 is 0 Å². The monoisotopic (exact) mass is 337 g/mol. The molecule has 1 aliphatic heterocycles. The summed E-state index contributed by atoms with van der Waals surface area (Å²) in [6, 6.07) is 10.8. The van der Waals surface area contributed by atoms with Crippen LogP contribution in [0, 0.1) is 0 Å². The Morgan fingerprint density at radius 2 is 2.16 bits per heavy atom. The number of para-hydroxylation sites is 2. The standard InChI is InChI=1S/C17H15N5O3/c23-17(12-5-6-19-16(7-12)22-11-18-10-21-22)20-8-13-9-24-14-3-1-2-4-15(14)25-13/h1-7,10-11,13H,8-9H2,(H,20,23)/t13-/m1/s1. The van der Waals surface area contributed by atoms with Crippen LogP contribution in [-0.2, 0) is 0 Å². The van der Waals surface area contributed by atoms with Gasteiger partial charge in [0.15, 0.2) is 17.3 Å². The second kappa shape index (κ2) is 6.60. The van der Waals surface area contributed by atoms with Crippen LogP contribution < -0.4 is 14.8 Å². The third kappa shape index (κ3) is 3.27. The summed E-state index contributed by atoms with van der Waals surface area (Å²) in [6.45, 7) is 0.728. The minimum atomic E-state index is -0.240. The van der Waals surface area contributed by atoms with Crippen molar-refractivity contribution in [1.82, 2.24) is 25.1 Å². The lowest BCUT2D eigenvalue weighted by atomic mass is 10.2. The number of fused-ring (bicyclic) bond motifs is 1. The molecule has 25 heavy (non-hydrogen) atoms. The fourth-order valence-electron chi connectivity index (χ4n) is 2.48. The molecule has 1 N–H and O–H groups in total. The Labute approximate surface area is 143 Å². The predicted octanol–water partition coefficient (Wildman–Crippen LogP) is 1.23. The second-order valence-electron chi connectivity index (χ2n) is 5.45. The van der Waals surface area contributed by atoms with Crippen LogP contribution in [0.1, 0.15) is 10.4 Å². The normalized spacial score (nSPS) is 15.6. The summed E-state index contributed by atoms with van der Waals surface area (Å²) in [5, 5.41) is 6.86. The highest BCUT2D eigenvalue weighted by Gasteiger charge is 2.21. The summed E-state index contributed by atoms with van der Waals surface area (Å²) in [4.78, 5) is 20.4. The van der Waals surface area contributed by atoms with E-state index in [-0.39, 0.29) is 12.0 Å². The largest absolute Gasteiger partial charge is 0.486 e. The van der Waals surface area contributed by atoms with Crippen molar-refractivity contribution in [3.63, 3.8) is 0 Å². The summed E-state index contributed by atoms with van der Waals surface area (Å²) in [5.41, 5.74) is 0.484. The summed E-state index contributed by atoms with van der Waals surface area (Å²) in [6.07, 6.45) is 4.25. The number of pyridine rings is 1. The zero-order valence-corrected chi connectivity index (χ0v) is 13.2. The number of ether oxygens (including phenoxy) is 2. The molecule has 4 rings (SSSR count). The Kier molecular flexibility index (Phi) is 3.99. The lowest BCUT2D eigenvalue weighted by Crippen LogP contribution is -2.40. The molecular formula is C17H15N5O3. The van der Waals surface area contributed by atoms with Crippen LogP contribution in [-0.4, -0.2) is 44.9 Å². The van der Waals surface area contributed by atoms with Crippen molar-refractivity contribution in [2.75, 3.05) is 13.2 Å². The molecule has 1 aromatic carbocycles. The number of nitrogens with zero attached hydrogens (tertiary/aromatic N) is 4. The molecule has 0 saturated heterocycles. The van der Waals surface area contributed by atoms with E-state index in [9.17, 15) is 4.79 Å². The third-order valence-electron chi connectivity index (χ3n) is 3.72. The van der Waals surface area contributed by atoms with Gasteiger partial charge in [-0.15, -0.1) is 0 Å². The number of aromatic nitrogens is 4. The van der Waals surface area contributed by atoms with Crippen molar-refractivity contribution in [1.29, 1.82) is 0 Å². The first kappa shape index (κ1) is 15.1. The van der Waals surface area contributed by atoms with Gasteiger partial charge in [-0.05, 0) is 24.3 Å². The minimum Gasteiger partial charge on any atom is -0.486 e. The first-order chi connectivity index (χ1) is 12.3. The summed E-state index contributed by atoms with van der Waals surface area (Å²) in [5.74, 6) is 1.71. The average molecular weight is 337 g/mol. The molecule has 0 fully saturated rings. The lowest BCUT2D eigenvalue weighted by molar-refractivity contribution is 0.0789. The quantitative estimate of drug-likeness (QED) is 0.770. The maximum atomic E-state index is 12.4. The van der Waals surface area contributed by atoms with Gasteiger partial charge in [-0.2, -0.15) is 5.10 Å². The summed E-state index contributed by atoms with van der Waals surface area (Å²) >= 11 is 0. The highest BCUT2D eigenvalue weighted by atomic mass is 16.6. The number of carbonyl (C=O) groups is 1. The van der Waals surface area contributed by atoms with Crippen LogP contribution in [0.5, 0.6) is 11.5 Å². The summed E-state index contributed by atoms with van der Waals surface area (Å²) in [7, 11) is 0. The SMILES string of the molecule is O=C(NC[C@@H]1COc2ccccc2O1)c1ccnc(-n2cncn2)c1. The molecule has 1 atom stereocenters. The van der Waals surface area contributed by atoms with Gasteiger partial charge in [0.25, 0.3) is 5.91 Å². The number of hydrogen-bond acceptors (Lipinski definition) is 6. The van der Waals surface area contributed by atoms with Gasteiger partial charge in [0.1, 0.15) is 25.4 Å². The van der Waals surface area contributed by atoms with Crippen molar-refractivity contribution in [3.8, 4) is 17.3 Å². The molecule has 2 aromatic heterocycles. The maximum absolute atomic E-state index is 12.4. The number of amides is 1. The number of benzene rings is 1. The van der Waals surface area contributed by atoms with Crippen LogP contribution >= 0.6 is 0 Å². The predicted molar refractivity (Wildman–Crippen MR) is 87.8 cm³/mol. The highest BCUT2D eigenvalue weighted by molar-refractivity contribution is 5.94. The van der Waals surface area contributed by atoms with Crippen LogP contribution in [0.4, 0.5) is 0 Å². The van der Waals surface area contributed by atoms with Crippen molar-refractivity contribution in [2.24, 2.45) is 0 Å². The number of hydrogen-bond donors (Lipinski definition) is 1. The molecule has 0 unspecified atom stereocenters. The molecule has 126 valence electrons. The molecule has 0 spiro atoms. The van der Waals surface area contributed by atoms with E-state index in [4.69, 9.17) is 9.47 Å². The first-order valence-corrected chi connectivity index (χ1v) is 7.77. The molecule has 0 radical (unpaired) electrons. The number of nitrogens with one attached hydrogen (secondary N) is 1. The highest BCUT2D eigenvalue weighted by Crippen LogP contribution is 2.30. The van der Waals surface area contributed by atoms with Crippen LogP contribution in [0.25, 0.3) is 5.82 Å². The smallest absolute Gasteiger partial charge is 0.251 e. The fraction of sp³-hybridized carbons (Fsp3) is 0.176. The van der Waals surface area contributed by atoms with Crippen LogP contribution in [0.15, 0.2) is 55.2 Å². The molecule has 3 heterocycles. The van der Waals surface area contributed by atoms with Gasteiger partial charge in [-0.3, -0.25) is 4.79 Å². The van der Waals surface area contributed by atoms with E-state index in [1.54, 1.807) is 18.3 Å². The molecule has 8 nitrogen and oxygen atoms in total. The molecule has 0 saturated carbocycles. The molecule has 0 bridgehead atoms. The maximum Gasteiger partial charge on any atom is 0.251 e. The van der Waals surface area contributed by atoms with E-state index in [2.05, 4.69) is 20.4 Å². The molecule has 3 aromatic rings. The van der Waals surface area contributed by atoms with Crippen LogP contribution in [0.3, 0.4) is 0 Å². The van der Waals surface area contributed by atoms with E-state index in [0.29, 0.717) is 30.3 Å². The van der Waals surface area contributed by atoms with E-state index in [1.807, 2.05) is 24.3 Å². The van der Waals surface area contributed by atoms with Gasteiger partial charge in [-0.25, -0.2) is 14.6 Å². The molecule has 8 heteroatoms. The topological polar surface area (TPSA) is 91.2 Å². The molecule has 1 amide bonds. The Bertz CT molecular complexity index is 882. The zero-order valence-electron chi connectivity index (χ0n) is 13.2. The van der Waals surface area contributed by atoms with Crippen molar-refractivity contribution in [3.05, 3.63) is 60.8 Å². The van der Waals surface area contributed by atoms with Gasteiger partial charge in [0.05, 0.1) is 6.54 Å². The van der Waals surface area contributed by atoms with Gasteiger partial charge in [0, 0.05) is 11.8 Å². The van der Waals surface area contributed by atoms with Crippen molar-refractivity contribution >= 4 is 5.91 Å². The van der Waals surface area contributed by atoms with E-state index >= 15 is 0 Å². The fourth-order valence-corrected chi connectivity index (χ4v) is 2.48. The molecular weight excluding hydrogens is 322 g/mol. The Balaban J connectivity index is 1.39.